The molecule has 2 aromatic heterocycles. The average Bonchev–Trinajstić information content (AvgIpc) is 3.85. The van der Waals surface area contributed by atoms with Gasteiger partial charge in [-0.1, -0.05) is 147 Å². The highest BCUT2D eigenvalue weighted by Crippen LogP contribution is 2.57. The van der Waals surface area contributed by atoms with Gasteiger partial charge in [0.25, 0.3) is 0 Å². The molecule has 12 rings (SSSR count). The fourth-order valence-corrected chi connectivity index (χ4v) is 12.2. The fourth-order valence-electron chi connectivity index (χ4n) is 9.73. The van der Waals surface area contributed by atoms with Crippen LogP contribution in [0, 0.1) is 0 Å². The summed E-state index contributed by atoms with van der Waals surface area (Å²) in [6.07, 6.45) is 0. The highest BCUT2D eigenvalue weighted by Gasteiger charge is 2.40. The van der Waals surface area contributed by atoms with E-state index >= 15 is 0 Å². The van der Waals surface area contributed by atoms with Crippen molar-refractivity contribution < 1.29 is 0 Å². The SMILES string of the molecule is CC1(C)c2c(ccc3ccccc23)-c2c1c1cc(-c3cccc4c3sc3ccccc34)ccc1c1ccc(-c3cccc4c3sc3ccccc34)cc21. The van der Waals surface area contributed by atoms with Crippen molar-refractivity contribution in [3.8, 4) is 33.4 Å². The Labute approximate surface area is 315 Å². The van der Waals surface area contributed by atoms with Crippen molar-refractivity contribution in [3.63, 3.8) is 0 Å². The van der Waals surface area contributed by atoms with Gasteiger partial charge in [-0.05, 0) is 101 Å². The van der Waals surface area contributed by atoms with E-state index in [0.29, 0.717) is 0 Å². The molecule has 0 nitrogen and oxygen atoms in total. The van der Waals surface area contributed by atoms with Crippen LogP contribution in [0.1, 0.15) is 25.0 Å². The van der Waals surface area contributed by atoms with Gasteiger partial charge in [0.2, 0.25) is 0 Å². The molecule has 2 heteroatoms. The van der Waals surface area contributed by atoms with E-state index < -0.39 is 0 Å². The van der Waals surface area contributed by atoms with Crippen LogP contribution in [-0.2, 0) is 5.41 Å². The Bertz CT molecular complexity index is 3370. The van der Waals surface area contributed by atoms with Crippen molar-refractivity contribution in [1.29, 1.82) is 0 Å². The first-order valence-electron chi connectivity index (χ1n) is 18.4. The largest absolute Gasteiger partial charge is 0.135 e. The molecule has 0 spiro atoms. The molecule has 0 aliphatic heterocycles. The standard InChI is InChI=1S/C51H32S2/c1-51(2)47-32-12-4-3-11-29(32)21-26-41(47)46-42-27-30(33-15-9-17-39-37-13-5-7-19-44(37)52-49(33)39)22-24-35(42)36-25-23-31(28-43(36)48(46)51)34-16-10-18-40-38-14-6-8-20-45(38)53-50(34)40/h3-28H,1-2H3. The van der Waals surface area contributed by atoms with Crippen molar-refractivity contribution >= 4 is 95.3 Å². The van der Waals surface area contributed by atoms with Crippen molar-refractivity contribution in [2.75, 3.05) is 0 Å². The summed E-state index contributed by atoms with van der Waals surface area (Å²) in [5, 5.41) is 13.3. The smallest absolute Gasteiger partial charge is 0.0433 e. The van der Waals surface area contributed by atoms with Crippen LogP contribution >= 0.6 is 22.7 Å². The maximum Gasteiger partial charge on any atom is 0.0433 e. The lowest BCUT2D eigenvalue weighted by atomic mass is 9.77. The van der Waals surface area contributed by atoms with E-state index in [9.17, 15) is 0 Å². The summed E-state index contributed by atoms with van der Waals surface area (Å²) in [6.45, 7) is 4.91. The molecule has 0 bridgehead atoms. The molecule has 0 saturated heterocycles. The van der Waals surface area contributed by atoms with E-state index in [2.05, 4.69) is 172 Å². The Balaban J connectivity index is 1.18. The number of hydrogen-bond donors (Lipinski definition) is 0. The van der Waals surface area contributed by atoms with Crippen molar-refractivity contribution in [1.82, 2.24) is 0 Å². The quantitative estimate of drug-likeness (QED) is 0.157. The average molecular weight is 709 g/mol. The van der Waals surface area contributed by atoms with Crippen LogP contribution in [0.15, 0.2) is 158 Å². The Hall–Kier alpha value is -5.80. The number of rotatable bonds is 2. The summed E-state index contributed by atoms with van der Waals surface area (Å²) < 4.78 is 5.40. The van der Waals surface area contributed by atoms with Gasteiger partial charge in [-0.2, -0.15) is 0 Å². The molecule has 0 radical (unpaired) electrons. The zero-order valence-electron chi connectivity index (χ0n) is 29.3. The topological polar surface area (TPSA) is 0 Å². The van der Waals surface area contributed by atoms with Crippen molar-refractivity contribution in [3.05, 3.63) is 169 Å². The third-order valence-corrected chi connectivity index (χ3v) is 14.4. The first-order valence-corrected chi connectivity index (χ1v) is 20.1. The highest BCUT2D eigenvalue weighted by molar-refractivity contribution is 7.26. The maximum absolute atomic E-state index is 2.51. The van der Waals surface area contributed by atoms with Crippen molar-refractivity contribution in [2.45, 2.75) is 19.3 Å². The van der Waals surface area contributed by atoms with Gasteiger partial charge in [-0.15, -0.1) is 22.7 Å². The van der Waals surface area contributed by atoms with Crippen LogP contribution in [0.4, 0.5) is 0 Å². The van der Waals surface area contributed by atoms with Gasteiger partial charge < -0.3 is 0 Å². The van der Waals surface area contributed by atoms with Crippen LogP contribution in [0.5, 0.6) is 0 Å². The molecule has 1 aliphatic rings. The lowest BCUT2D eigenvalue weighted by Gasteiger charge is -2.25. The van der Waals surface area contributed by atoms with Crippen LogP contribution in [-0.4, -0.2) is 0 Å². The molecule has 0 N–H and O–H groups in total. The molecule has 248 valence electrons. The molecule has 1 aliphatic carbocycles. The van der Waals surface area contributed by atoms with Gasteiger partial charge in [0.1, 0.15) is 0 Å². The molecule has 0 amide bonds. The minimum Gasteiger partial charge on any atom is -0.135 e. The van der Waals surface area contributed by atoms with Gasteiger partial charge >= 0.3 is 0 Å². The minimum atomic E-state index is -0.207. The van der Waals surface area contributed by atoms with Crippen molar-refractivity contribution in [2.24, 2.45) is 0 Å². The molecular weight excluding hydrogens is 677 g/mol. The van der Waals surface area contributed by atoms with E-state index in [4.69, 9.17) is 0 Å². The Morgan fingerprint density at radius 2 is 0.887 bits per heavy atom. The summed E-state index contributed by atoms with van der Waals surface area (Å²) in [5.74, 6) is 0. The zero-order chi connectivity index (χ0) is 35.0. The summed E-state index contributed by atoms with van der Waals surface area (Å²) in [7, 11) is 0. The molecular formula is C51H32S2. The van der Waals surface area contributed by atoms with Crippen LogP contribution < -0.4 is 0 Å². The van der Waals surface area contributed by atoms with Gasteiger partial charge in [0.15, 0.2) is 0 Å². The molecule has 53 heavy (non-hydrogen) atoms. The van der Waals surface area contributed by atoms with Gasteiger partial charge in [-0.3, -0.25) is 0 Å². The third-order valence-electron chi connectivity index (χ3n) is 12.0. The normalized spacial score (nSPS) is 13.6. The lowest BCUT2D eigenvalue weighted by molar-refractivity contribution is 0.672. The second-order valence-electron chi connectivity index (χ2n) is 15.2. The summed E-state index contributed by atoms with van der Waals surface area (Å²) in [5.41, 5.74) is 10.6. The molecule has 0 saturated carbocycles. The van der Waals surface area contributed by atoms with Gasteiger partial charge in [0, 0.05) is 45.8 Å². The molecule has 11 aromatic rings. The van der Waals surface area contributed by atoms with E-state index in [0.717, 1.165) is 0 Å². The van der Waals surface area contributed by atoms with Crippen LogP contribution in [0.2, 0.25) is 0 Å². The van der Waals surface area contributed by atoms with Gasteiger partial charge in [-0.25, -0.2) is 0 Å². The highest BCUT2D eigenvalue weighted by atomic mass is 32.1. The molecule has 2 heterocycles. The first-order chi connectivity index (χ1) is 26.0. The van der Waals surface area contributed by atoms with Gasteiger partial charge in [0.05, 0.1) is 0 Å². The second kappa shape index (κ2) is 10.6. The summed E-state index contributed by atoms with van der Waals surface area (Å²) in [4.78, 5) is 0. The van der Waals surface area contributed by atoms with Crippen LogP contribution in [0.3, 0.4) is 0 Å². The molecule has 0 unspecified atom stereocenters. The predicted octanol–water partition coefficient (Wildman–Crippen LogP) is 15.5. The van der Waals surface area contributed by atoms with E-state index in [1.807, 2.05) is 22.7 Å². The van der Waals surface area contributed by atoms with E-state index in [1.165, 1.54) is 117 Å². The lowest BCUT2D eigenvalue weighted by Crippen LogP contribution is -2.16. The number of thiophene rings is 2. The number of benzene rings is 9. The summed E-state index contributed by atoms with van der Waals surface area (Å²) in [6, 6.07) is 59.5. The van der Waals surface area contributed by atoms with Crippen LogP contribution in [0.25, 0.3) is 106 Å². The Morgan fingerprint density at radius 3 is 1.53 bits per heavy atom. The third kappa shape index (κ3) is 4.00. The fraction of sp³-hybridized carbons (Fsp3) is 0.0588. The predicted molar refractivity (Wildman–Crippen MR) is 233 cm³/mol. The number of hydrogen-bond acceptors (Lipinski definition) is 2. The first kappa shape index (κ1) is 29.7. The van der Waals surface area contributed by atoms with E-state index in [1.54, 1.807) is 0 Å². The monoisotopic (exact) mass is 708 g/mol. The summed E-state index contributed by atoms with van der Waals surface area (Å²) >= 11 is 3.82. The zero-order valence-corrected chi connectivity index (χ0v) is 31.0. The molecule has 9 aromatic carbocycles. The Kier molecular flexibility index (Phi) is 5.97. The second-order valence-corrected chi connectivity index (χ2v) is 17.3. The minimum absolute atomic E-state index is 0.207. The maximum atomic E-state index is 2.51. The Morgan fingerprint density at radius 1 is 0.358 bits per heavy atom. The van der Waals surface area contributed by atoms with E-state index in [-0.39, 0.29) is 5.41 Å². The number of fused-ring (bicyclic) bond motifs is 16. The molecule has 0 atom stereocenters. The molecule has 0 fully saturated rings.